The Hall–Kier alpha value is -7.66. The molecule has 0 saturated carbocycles. The summed E-state index contributed by atoms with van der Waals surface area (Å²) >= 11 is 0. The van der Waals surface area contributed by atoms with Crippen LogP contribution < -0.4 is 11.1 Å². The van der Waals surface area contributed by atoms with Crippen LogP contribution in [0.25, 0.3) is 61.0 Å². The standard InChI is InChI=1S/C23H16N4O.C21H15N5O/c28-23-14-26-21-8-10-24-13-22(21)27(23)15-16-3-1-4-17(11-16)18-6-7-20-19(12-18)5-2-9-25-20;27-21-13-23-17-7-8-22-11-19(17)26(21)14-15-4-3-5-16(10-15)18-12-24-20-6-1-2-9-25(18)20/h1-14H,15H2;1-13H,14H2. The number of pyridine rings is 4. The van der Waals surface area contributed by atoms with Crippen molar-refractivity contribution < 1.29 is 0 Å². The minimum Gasteiger partial charge on any atom is -0.300 e. The van der Waals surface area contributed by atoms with Crippen molar-refractivity contribution in [3.63, 3.8) is 0 Å². The summed E-state index contributed by atoms with van der Waals surface area (Å²) in [6.07, 6.45) is 15.1. The highest BCUT2D eigenvalue weighted by Crippen LogP contribution is 2.25. The molecule has 0 amide bonds. The van der Waals surface area contributed by atoms with E-state index in [4.69, 9.17) is 0 Å². The molecular weight excluding hydrogens is 687 g/mol. The van der Waals surface area contributed by atoms with E-state index < -0.39 is 0 Å². The molecular formula is C44H31N9O2. The highest BCUT2D eigenvalue weighted by atomic mass is 16.1. The number of aromatic nitrogens is 9. The van der Waals surface area contributed by atoms with Crippen molar-refractivity contribution in [1.82, 2.24) is 43.4 Å². The quantitative estimate of drug-likeness (QED) is 0.177. The van der Waals surface area contributed by atoms with E-state index in [-0.39, 0.29) is 11.1 Å². The predicted octanol–water partition coefficient (Wildman–Crippen LogP) is 7.21. The van der Waals surface area contributed by atoms with Gasteiger partial charge in [0.05, 0.1) is 77.4 Å². The minimum absolute atomic E-state index is 0.136. The van der Waals surface area contributed by atoms with Crippen molar-refractivity contribution >= 4 is 38.6 Å². The highest BCUT2D eigenvalue weighted by Gasteiger charge is 2.10. The van der Waals surface area contributed by atoms with Crippen LogP contribution in [0.2, 0.25) is 0 Å². The van der Waals surface area contributed by atoms with Crippen LogP contribution in [-0.2, 0) is 13.1 Å². The number of hydrogen-bond acceptors (Lipinski definition) is 8. The van der Waals surface area contributed by atoms with Crippen molar-refractivity contribution in [3.8, 4) is 22.4 Å². The van der Waals surface area contributed by atoms with Gasteiger partial charge in [0.25, 0.3) is 11.1 Å². The molecule has 0 spiro atoms. The Labute approximate surface area is 313 Å². The van der Waals surface area contributed by atoms with Gasteiger partial charge >= 0.3 is 0 Å². The summed E-state index contributed by atoms with van der Waals surface area (Å²) in [5.41, 5.74) is 10.9. The molecule has 0 aliphatic heterocycles. The second-order valence-corrected chi connectivity index (χ2v) is 13.0. The van der Waals surface area contributed by atoms with Gasteiger partial charge in [-0.1, -0.05) is 54.6 Å². The summed E-state index contributed by atoms with van der Waals surface area (Å²) in [6.45, 7) is 0.917. The first-order valence-electron chi connectivity index (χ1n) is 17.6. The third kappa shape index (κ3) is 6.73. The van der Waals surface area contributed by atoms with Gasteiger partial charge in [-0.3, -0.25) is 38.1 Å². The van der Waals surface area contributed by atoms with E-state index in [9.17, 15) is 9.59 Å². The predicted molar refractivity (Wildman–Crippen MR) is 214 cm³/mol. The molecule has 264 valence electrons. The van der Waals surface area contributed by atoms with Crippen LogP contribution in [-0.4, -0.2) is 43.4 Å². The van der Waals surface area contributed by atoms with Gasteiger partial charge in [-0.05, 0) is 76.9 Å². The molecule has 0 aliphatic rings. The molecule has 55 heavy (non-hydrogen) atoms. The fourth-order valence-electron chi connectivity index (χ4n) is 6.79. The second-order valence-electron chi connectivity index (χ2n) is 13.0. The highest BCUT2D eigenvalue weighted by molar-refractivity contribution is 5.84. The average Bonchev–Trinajstić information content (AvgIpc) is 3.68. The van der Waals surface area contributed by atoms with Gasteiger partial charge in [0, 0.05) is 35.7 Å². The molecule has 10 aromatic rings. The van der Waals surface area contributed by atoms with Gasteiger partial charge < -0.3 is 0 Å². The molecule has 0 fully saturated rings. The van der Waals surface area contributed by atoms with Crippen molar-refractivity contribution in [2.45, 2.75) is 13.1 Å². The summed E-state index contributed by atoms with van der Waals surface area (Å²) < 4.78 is 5.46. The maximum Gasteiger partial charge on any atom is 0.269 e. The van der Waals surface area contributed by atoms with Gasteiger partial charge in [0.2, 0.25) is 0 Å². The maximum atomic E-state index is 12.4. The molecule has 7 aromatic heterocycles. The van der Waals surface area contributed by atoms with Crippen LogP contribution in [0.4, 0.5) is 0 Å². The van der Waals surface area contributed by atoms with E-state index >= 15 is 0 Å². The Balaban J connectivity index is 0.000000144. The van der Waals surface area contributed by atoms with E-state index in [1.807, 2.05) is 73.1 Å². The Morgan fingerprint density at radius 1 is 0.473 bits per heavy atom. The summed E-state index contributed by atoms with van der Waals surface area (Å²) in [5, 5.41) is 1.10. The monoisotopic (exact) mass is 717 g/mol. The number of fused-ring (bicyclic) bond motifs is 4. The van der Waals surface area contributed by atoms with Crippen LogP contribution in [0, 0.1) is 0 Å². The van der Waals surface area contributed by atoms with Gasteiger partial charge in [-0.15, -0.1) is 0 Å². The molecule has 0 unspecified atom stereocenters. The van der Waals surface area contributed by atoms with Crippen molar-refractivity contribution in [2.24, 2.45) is 0 Å². The van der Waals surface area contributed by atoms with Crippen molar-refractivity contribution in [2.75, 3.05) is 0 Å². The molecule has 3 aromatic carbocycles. The summed E-state index contributed by atoms with van der Waals surface area (Å²) in [4.78, 5) is 50.3. The molecule has 0 aliphatic carbocycles. The SMILES string of the molecule is O=c1cnc2ccncc2n1Cc1cccc(-c2ccc3ncccc3c2)c1.O=c1cnc2ccncc2n1Cc1cccc(-c2cnc3ccccn23)c1. The second kappa shape index (κ2) is 14.4. The zero-order valence-electron chi connectivity index (χ0n) is 29.3. The van der Waals surface area contributed by atoms with Crippen LogP contribution in [0.3, 0.4) is 0 Å². The third-order valence-corrected chi connectivity index (χ3v) is 9.48. The van der Waals surface area contributed by atoms with Crippen LogP contribution >= 0.6 is 0 Å². The summed E-state index contributed by atoms with van der Waals surface area (Å²) in [7, 11) is 0. The molecule has 0 radical (unpaired) electrons. The molecule has 0 N–H and O–H groups in total. The van der Waals surface area contributed by atoms with E-state index in [2.05, 4.69) is 76.8 Å². The van der Waals surface area contributed by atoms with Crippen LogP contribution in [0.15, 0.2) is 175 Å². The Morgan fingerprint density at radius 2 is 1.13 bits per heavy atom. The van der Waals surface area contributed by atoms with E-state index in [1.165, 1.54) is 12.4 Å². The zero-order valence-corrected chi connectivity index (χ0v) is 29.3. The number of hydrogen-bond donors (Lipinski definition) is 0. The molecule has 11 heteroatoms. The Kier molecular flexibility index (Phi) is 8.69. The van der Waals surface area contributed by atoms with Crippen molar-refractivity contribution in [1.29, 1.82) is 0 Å². The maximum absolute atomic E-state index is 12.4. The fraction of sp³-hybridized carbons (Fsp3) is 0.0455. The normalized spacial score (nSPS) is 11.2. The molecule has 11 nitrogen and oxygen atoms in total. The minimum atomic E-state index is -0.143. The fourth-order valence-corrected chi connectivity index (χ4v) is 6.79. The lowest BCUT2D eigenvalue weighted by Crippen LogP contribution is -2.21. The van der Waals surface area contributed by atoms with Crippen LogP contribution in [0.1, 0.15) is 11.1 Å². The molecule has 0 bridgehead atoms. The summed E-state index contributed by atoms with van der Waals surface area (Å²) in [5.74, 6) is 0. The average molecular weight is 718 g/mol. The molecule has 0 saturated heterocycles. The Morgan fingerprint density at radius 3 is 1.84 bits per heavy atom. The van der Waals surface area contributed by atoms with Gasteiger partial charge in [0.1, 0.15) is 5.65 Å². The molecule has 7 heterocycles. The Bertz CT molecular complexity index is 3130. The summed E-state index contributed by atoms with van der Waals surface area (Å²) in [6, 6.07) is 36.2. The van der Waals surface area contributed by atoms with Gasteiger partial charge in [0.15, 0.2) is 0 Å². The lowest BCUT2D eigenvalue weighted by atomic mass is 10.0. The number of benzene rings is 3. The smallest absolute Gasteiger partial charge is 0.269 e. The lowest BCUT2D eigenvalue weighted by molar-refractivity contribution is 0.785. The van der Waals surface area contributed by atoms with Gasteiger partial charge in [-0.2, -0.15) is 0 Å². The van der Waals surface area contributed by atoms with Crippen LogP contribution in [0.5, 0.6) is 0 Å². The molecule has 0 atom stereocenters. The number of rotatable bonds is 6. The number of imidazole rings is 1. The zero-order chi connectivity index (χ0) is 37.1. The largest absolute Gasteiger partial charge is 0.300 e. The lowest BCUT2D eigenvalue weighted by Gasteiger charge is -2.11. The van der Waals surface area contributed by atoms with Gasteiger partial charge in [-0.25, -0.2) is 15.0 Å². The topological polar surface area (TPSA) is 126 Å². The number of nitrogens with zero attached hydrogens (tertiary/aromatic N) is 9. The first-order valence-corrected chi connectivity index (χ1v) is 17.6. The van der Waals surface area contributed by atoms with E-state index in [0.29, 0.717) is 13.1 Å². The van der Waals surface area contributed by atoms with E-state index in [0.717, 1.165) is 72.1 Å². The first kappa shape index (κ1) is 33.2. The van der Waals surface area contributed by atoms with Crippen molar-refractivity contribution in [3.05, 3.63) is 197 Å². The third-order valence-electron chi connectivity index (χ3n) is 9.48. The first-order chi connectivity index (χ1) is 27.1. The molecule has 10 rings (SSSR count). The van der Waals surface area contributed by atoms with E-state index in [1.54, 1.807) is 46.2 Å².